The van der Waals surface area contributed by atoms with Crippen molar-refractivity contribution in [3.05, 3.63) is 54.1 Å². The van der Waals surface area contributed by atoms with E-state index in [1.54, 1.807) is 31.2 Å². The van der Waals surface area contributed by atoms with E-state index in [1.165, 1.54) is 24.8 Å². The van der Waals surface area contributed by atoms with Gasteiger partial charge in [-0.15, -0.1) is 0 Å². The fraction of sp³-hybridized carbons (Fsp3) is 0.618. The Balaban J connectivity index is 0.968. The number of carbonyl (C=O) groups excluding carboxylic acids is 1. The molecule has 4 saturated carbocycles. The summed E-state index contributed by atoms with van der Waals surface area (Å²) in [5, 5.41) is 17.4. The number of amides is 1. The molecule has 2 aromatic rings. The van der Waals surface area contributed by atoms with Gasteiger partial charge < -0.3 is 20.5 Å². The average molecular weight is 625 g/mol. The van der Waals surface area contributed by atoms with Crippen LogP contribution in [0.4, 0.5) is 5.69 Å². The number of benzene rings is 2. The molecule has 10 heteroatoms. The summed E-state index contributed by atoms with van der Waals surface area (Å²) in [6.45, 7) is 4.52. The highest BCUT2D eigenvalue weighted by Crippen LogP contribution is 2.55. The molecule has 9 nitrogen and oxygen atoms in total. The van der Waals surface area contributed by atoms with Crippen molar-refractivity contribution in [1.82, 2.24) is 15.5 Å². The monoisotopic (exact) mass is 624 g/mol. The van der Waals surface area contributed by atoms with Gasteiger partial charge in [0.15, 0.2) is 0 Å². The van der Waals surface area contributed by atoms with Crippen LogP contribution in [0.15, 0.2) is 48.5 Å². The molecule has 4 bridgehead atoms. The molecular weight excluding hydrogens is 576 g/mol. The molecule has 240 valence electrons. The van der Waals surface area contributed by atoms with E-state index in [9.17, 15) is 18.3 Å². The van der Waals surface area contributed by atoms with Crippen LogP contribution in [0.5, 0.6) is 11.5 Å². The smallest absolute Gasteiger partial charge is 0.237 e. The number of nitrogens with zero attached hydrogens (tertiary/aromatic N) is 1. The third-order valence-electron chi connectivity index (χ3n) is 10.1. The second-order valence-corrected chi connectivity index (χ2v) is 15.9. The van der Waals surface area contributed by atoms with E-state index in [2.05, 4.69) is 32.4 Å². The lowest BCUT2D eigenvalue weighted by Gasteiger charge is -2.57. The lowest BCUT2D eigenvalue weighted by atomic mass is 9.53. The first kappa shape index (κ1) is 31.3. The van der Waals surface area contributed by atoms with Crippen molar-refractivity contribution < 1.29 is 23.1 Å². The standard InChI is InChI=1S/C34H48N4O5S/c1-23(39)15-32(33(40)36-34-19-25-16-26(20-34)18-27(17-25)21-34)35-28-11-13-38(14-12-28)22-24-3-7-30(8-4-24)43-31-9-5-29(6-10-31)37-44(2,41)42/h3-10,23,25-28,32,35,37,39H,11-22H2,1-2H3,(H,36,40). The molecule has 4 aliphatic carbocycles. The first-order valence-corrected chi connectivity index (χ1v) is 18.2. The minimum absolute atomic E-state index is 0.0173. The summed E-state index contributed by atoms with van der Waals surface area (Å²) >= 11 is 0. The van der Waals surface area contributed by atoms with E-state index >= 15 is 0 Å². The van der Waals surface area contributed by atoms with Crippen molar-refractivity contribution in [3.63, 3.8) is 0 Å². The highest BCUT2D eigenvalue weighted by Gasteiger charge is 2.52. The van der Waals surface area contributed by atoms with Gasteiger partial charge in [0.2, 0.25) is 15.9 Å². The minimum Gasteiger partial charge on any atom is -0.457 e. The lowest BCUT2D eigenvalue weighted by molar-refractivity contribution is -0.130. The van der Waals surface area contributed by atoms with Gasteiger partial charge in [0.25, 0.3) is 0 Å². The second kappa shape index (κ2) is 13.0. The summed E-state index contributed by atoms with van der Waals surface area (Å²) in [7, 11) is -3.31. The quantitative estimate of drug-likeness (QED) is 0.272. The van der Waals surface area contributed by atoms with Crippen LogP contribution in [0.3, 0.4) is 0 Å². The maximum absolute atomic E-state index is 13.6. The van der Waals surface area contributed by atoms with Gasteiger partial charge in [-0.25, -0.2) is 8.42 Å². The summed E-state index contributed by atoms with van der Waals surface area (Å²) in [6, 6.07) is 14.8. The molecule has 0 spiro atoms. The molecule has 4 N–H and O–H groups in total. The van der Waals surface area contributed by atoms with Crippen molar-refractivity contribution >= 4 is 21.6 Å². The Morgan fingerprint density at radius 3 is 2.02 bits per heavy atom. The Hall–Kier alpha value is -2.66. The summed E-state index contributed by atoms with van der Waals surface area (Å²) in [5.74, 6) is 3.78. The zero-order valence-electron chi connectivity index (χ0n) is 26.0. The molecular formula is C34H48N4O5S. The van der Waals surface area contributed by atoms with Gasteiger partial charge in [0.05, 0.1) is 18.4 Å². The van der Waals surface area contributed by atoms with Crippen LogP contribution in [0.2, 0.25) is 0 Å². The highest BCUT2D eigenvalue weighted by molar-refractivity contribution is 7.92. The SMILES string of the molecule is CC(O)CC(NC1CCN(Cc2ccc(Oc3ccc(NS(C)(=O)=O)cc3)cc2)CC1)C(=O)NC12CC3CC(CC(C3)C1)C2. The first-order chi connectivity index (χ1) is 21.0. The zero-order chi connectivity index (χ0) is 30.9. The number of hydrogen-bond donors (Lipinski definition) is 4. The maximum Gasteiger partial charge on any atom is 0.237 e. The van der Waals surface area contributed by atoms with E-state index in [4.69, 9.17) is 4.74 Å². The molecule has 5 fully saturated rings. The van der Waals surface area contributed by atoms with Crippen LogP contribution in [-0.4, -0.2) is 67.4 Å². The van der Waals surface area contributed by atoms with E-state index in [0.717, 1.165) is 81.5 Å². The summed E-state index contributed by atoms with van der Waals surface area (Å²) < 4.78 is 31.2. The van der Waals surface area contributed by atoms with Gasteiger partial charge in [-0.1, -0.05) is 12.1 Å². The normalized spacial score (nSPS) is 28.4. The molecule has 5 aliphatic rings. The van der Waals surface area contributed by atoms with E-state index < -0.39 is 16.1 Å². The number of hydrogen-bond acceptors (Lipinski definition) is 7. The number of aliphatic hydroxyl groups is 1. The fourth-order valence-corrected chi connectivity index (χ4v) is 9.17. The predicted molar refractivity (Wildman–Crippen MR) is 172 cm³/mol. The molecule has 44 heavy (non-hydrogen) atoms. The predicted octanol–water partition coefficient (Wildman–Crippen LogP) is 4.63. The molecule has 2 aromatic carbocycles. The van der Waals surface area contributed by atoms with Crippen molar-refractivity contribution in [2.24, 2.45) is 17.8 Å². The molecule has 2 unspecified atom stereocenters. The second-order valence-electron chi connectivity index (χ2n) is 14.2. The van der Waals surface area contributed by atoms with Gasteiger partial charge in [-0.05, 0) is 138 Å². The van der Waals surface area contributed by atoms with Crippen LogP contribution in [-0.2, 0) is 21.4 Å². The molecule has 0 aromatic heterocycles. The number of anilines is 1. The first-order valence-electron chi connectivity index (χ1n) is 16.3. The fourth-order valence-electron chi connectivity index (χ4n) is 8.61. The van der Waals surface area contributed by atoms with Crippen molar-refractivity contribution in [3.8, 4) is 11.5 Å². The molecule has 1 amide bonds. The van der Waals surface area contributed by atoms with Crippen molar-refractivity contribution in [1.29, 1.82) is 0 Å². The number of sulfonamides is 1. The third kappa shape index (κ3) is 8.13. The number of aliphatic hydroxyl groups excluding tert-OH is 1. The molecule has 7 rings (SSSR count). The Morgan fingerprint density at radius 2 is 1.50 bits per heavy atom. The number of carbonyl (C=O) groups is 1. The van der Waals surface area contributed by atoms with E-state index in [1.807, 2.05) is 12.1 Å². The van der Waals surface area contributed by atoms with Crippen LogP contribution in [0.25, 0.3) is 0 Å². The van der Waals surface area contributed by atoms with Crippen LogP contribution in [0.1, 0.15) is 70.3 Å². The zero-order valence-corrected chi connectivity index (χ0v) is 26.8. The van der Waals surface area contributed by atoms with Crippen LogP contribution >= 0.6 is 0 Å². The Bertz CT molecular complexity index is 1350. The third-order valence-corrected chi connectivity index (χ3v) is 10.7. The van der Waals surface area contributed by atoms with Crippen molar-refractivity contribution in [2.45, 2.75) is 95.0 Å². The molecule has 2 atom stereocenters. The Morgan fingerprint density at radius 1 is 0.955 bits per heavy atom. The van der Waals surface area contributed by atoms with Crippen LogP contribution < -0.4 is 20.1 Å². The van der Waals surface area contributed by atoms with Gasteiger partial charge >= 0.3 is 0 Å². The van der Waals surface area contributed by atoms with E-state index in [0.29, 0.717) is 17.9 Å². The number of likely N-dealkylation sites (tertiary alicyclic amines) is 1. The summed E-state index contributed by atoms with van der Waals surface area (Å²) in [5.41, 5.74) is 1.68. The van der Waals surface area contributed by atoms with E-state index in [-0.39, 0.29) is 23.5 Å². The van der Waals surface area contributed by atoms with Gasteiger partial charge in [-0.3, -0.25) is 14.4 Å². The molecule has 1 aliphatic heterocycles. The van der Waals surface area contributed by atoms with Crippen LogP contribution in [0, 0.1) is 17.8 Å². The van der Waals surface area contributed by atoms with Crippen molar-refractivity contribution in [2.75, 3.05) is 24.1 Å². The molecule has 0 radical (unpaired) electrons. The summed E-state index contributed by atoms with van der Waals surface area (Å²) in [6.07, 6.45) is 10.4. The summed E-state index contributed by atoms with van der Waals surface area (Å²) in [4.78, 5) is 16.1. The number of nitrogens with one attached hydrogen (secondary N) is 3. The molecule has 1 heterocycles. The van der Waals surface area contributed by atoms with Gasteiger partial charge in [-0.2, -0.15) is 0 Å². The lowest BCUT2D eigenvalue weighted by Crippen LogP contribution is -2.63. The minimum atomic E-state index is -3.31. The highest BCUT2D eigenvalue weighted by atomic mass is 32.2. The topological polar surface area (TPSA) is 120 Å². The number of rotatable bonds is 12. The molecule has 1 saturated heterocycles. The average Bonchev–Trinajstić information content (AvgIpc) is 2.94. The largest absolute Gasteiger partial charge is 0.457 e. The maximum atomic E-state index is 13.6. The Labute approximate surface area is 262 Å². The van der Waals surface area contributed by atoms with Gasteiger partial charge in [0.1, 0.15) is 11.5 Å². The number of piperidine rings is 1. The Kier molecular flexibility index (Phi) is 9.25. The van der Waals surface area contributed by atoms with Gasteiger partial charge in [0, 0.05) is 23.8 Å². The number of ether oxygens (including phenoxy) is 1.